The molecule has 1 aromatic rings. The number of nitrogens with one attached hydrogen (secondary N) is 1. The number of amides is 1. The van der Waals surface area contributed by atoms with Crippen molar-refractivity contribution >= 4 is 17.4 Å². The molecule has 0 unspecified atom stereocenters. The molecule has 0 fully saturated rings. The Balaban J connectivity index is 2.92. The van der Waals surface area contributed by atoms with Gasteiger partial charge in [-0.05, 0) is 12.1 Å². The highest BCUT2D eigenvalue weighted by atomic mass is 16.1. The molecule has 0 spiro atoms. The molecule has 0 saturated carbocycles. The number of carbonyl (C=O) groups excluding carboxylic acids is 2. The molecule has 0 heterocycles. The molecule has 0 bridgehead atoms. The summed E-state index contributed by atoms with van der Waals surface area (Å²) in [7, 11) is 0. The quantitative estimate of drug-likeness (QED) is 0.784. The van der Waals surface area contributed by atoms with Gasteiger partial charge in [-0.2, -0.15) is 5.26 Å². The van der Waals surface area contributed by atoms with E-state index in [4.69, 9.17) is 5.26 Å². The molecule has 0 aromatic heterocycles. The summed E-state index contributed by atoms with van der Waals surface area (Å²) in [5.74, 6) is -0.438. The average molecular weight is 216 g/mol. The molecular weight excluding hydrogens is 204 g/mol. The molecule has 82 valence electrons. The zero-order valence-electron chi connectivity index (χ0n) is 8.99. The molecule has 0 atom stereocenters. The highest BCUT2D eigenvalue weighted by Crippen LogP contribution is 2.16. The van der Waals surface area contributed by atoms with Crippen LogP contribution in [0.2, 0.25) is 0 Å². The number of Topliss-reactive ketones (excluding diaryl/α,β-unsaturated/α-hetero) is 1. The summed E-state index contributed by atoms with van der Waals surface area (Å²) < 4.78 is 0. The van der Waals surface area contributed by atoms with Crippen molar-refractivity contribution < 1.29 is 9.59 Å². The summed E-state index contributed by atoms with van der Waals surface area (Å²) in [6.07, 6.45) is 0.166. The van der Waals surface area contributed by atoms with Crippen molar-refractivity contribution in [1.29, 1.82) is 5.26 Å². The predicted molar refractivity (Wildman–Crippen MR) is 59.9 cm³/mol. The molecule has 0 aliphatic rings. The number of hydrogen-bond acceptors (Lipinski definition) is 3. The summed E-state index contributed by atoms with van der Waals surface area (Å²) >= 11 is 0. The third kappa shape index (κ3) is 2.92. The van der Waals surface area contributed by atoms with Gasteiger partial charge in [0, 0.05) is 12.0 Å². The first-order valence-corrected chi connectivity index (χ1v) is 4.98. The summed E-state index contributed by atoms with van der Waals surface area (Å²) in [5, 5.41) is 10.9. The zero-order valence-corrected chi connectivity index (χ0v) is 8.99. The van der Waals surface area contributed by atoms with Crippen LogP contribution in [0, 0.1) is 11.3 Å². The molecule has 1 N–H and O–H groups in total. The Morgan fingerprint density at radius 1 is 1.38 bits per heavy atom. The van der Waals surface area contributed by atoms with Gasteiger partial charge in [-0.1, -0.05) is 19.1 Å². The van der Waals surface area contributed by atoms with E-state index < -0.39 is 5.91 Å². The first-order valence-electron chi connectivity index (χ1n) is 4.98. The number of para-hydroxylation sites is 1. The molecule has 1 amide bonds. The van der Waals surface area contributed by atoms with Crippen LogP contribution in [0.1, 0.15) is 30.1 Å². The normalized spacial score (nSPS) is 9.25. The third-order valence-corrected chi connectivity index (χ3v) is 2.06. The molecule has 4 heteroatoms. The summed E-state index contributed by atoms with van der Waals surface area (Å²) in [6, 6.07) is 8.53. The second-order valence-corrected chi connectivity index (χ2v) is 3.21. The van der Waals surface area contributed by atoms with E-state index in [0.29, 0.717) is 17.7 Å². The van der Waals surface area contributed by atoms with Crippen LogP contribution < -0.4 is 5.32 Å². The summed E-state index contributed by atoms with van der Waals surface area (Å²) in [5.41, 5.74) is 0.950. The van der Waals surface area contributed by atoms with Crippen LogP contribution in [0.25, 0.3) is 0 Å². The maximum absolute atomic E-state index is 11.6. The molecule has 1 aromatic carbocycles. The molecular formula is C12H12N2O2. The summed E-state index contributed by atoms with van der Waals surface area (Å²) in [6.45, 7) is 1.76. The maximum Gasteiger partial charge on any atom is 0.238 e. The fraction of sp³-hybridized carbons (Fsp3) is 0.250. The first-order chi connectivity index (χ1) is 7.69. The van der Waals surface area contributed by atoms with Crippen LogP contribution in [0.5, 0.6) is 0 Å². The lowest BCUT2D eigenvalue weighted by Gasteiger charge is -2.07. The lowest BCUT2D eigenvalue weighted by Crippen LogP contribution is -2.13. The number of nitriles is 1. The number of ketones is 1. The molecule has 0 aliphatic heterocycles. The van der Waals surface area contributed by atoms with Crippen LogP contribution in [-0.4, -0.2) is 11.7 Å². The van der Waals surface area contributed by atoms with Crippen molar-refractivity contribution in [2.75, 3.05) is 5.32 Å². The number of hydrogen-bond donors (Lipinski definition) is 1. The topological polar surface area (TPSA) is 70.0 Å². The summed E-state index contributed by atoms with van der Waals surface area (Å²) in [4.78, 5) is 22.8. The number of carbonyl (C=O) groups is 2. The van der Waals surface area contributed by atoms with Crippen molar-refractivity contribution in [3.63, 3.8) is 0 Å². The largest absolute Gasteiger partial charge is 0.325 e. The lowest BCUT2D eigenvalue weighted by molar-refractivity contribution is -0.115. The van der Waals surface area contributed by atoms with Crippen LogP contribution in [0.15, 0.2) is 24.3 Å². The smallest absolute Gasteiger partial charge is 0.238 e. The van der Waals surface area contributed by atoms with E-state index in [-0.39, 0.29) is 12.2 Å². The minimum absolute atomic E-state index is 0.0344. The SMILES string of the molecule is CCC(=O)c1ccccc1NC(=O)CC#N. The van der Waals surface area contributed by atoms with E-state index in [2.05, 4.69) is 5.32 Å². The average Bonchev–Trinajstić information content (AvgIpc) is 2.29. The second kappa shape index (κ2) is 5.66. The fourth-order valence-corrected chi connectivity index (χ4v) is 1.29. The Morgan fingerprint density at radius 3 is 2.69 bits per heavy atom. The van der Waals surface area contributed by atoms with Gasteiger partial charge < -0.3 is 5.32 Å². The van der Waals surface area contributed by atoms with Crippen LogP contribution >= 0.6 is 0 Å². The number of rotatable bonds is 4. The van der Waals surface area contributed by atoms with Crippen molar-refractivity contribution in [2.24, 2.45) is 0 Å². The highest BCUT2D eigenvalue weighted by Gasteiger charge is 2.10. The van der Waals surface area contributed by atoms with Crippen molar-refractivity contribution in [1.82, 2.24) is 0 Å². The Hall–Kier alpha value is -2.15. The van der Waals surface area contributed by atoms with Gasteiger partial charge in [0.05, 0.1) is 11.8 Å². The molecule has 0 radical (unpaired) electrons. The minimum atomic E-state index is -0.404. The van der Waals surface area contributed by atoms with Crippen molar-refractivity contribution in [3.8, 4) is 6.07 Å². The van der Waals surface area contributed by atoms with E-state index >= 15 is 0 Å². The zero-order chi connectivity index (χ0) is 12.0. The van der Waals surface area contributed by atoms with Crippen LogP contribution in [-0.2, 0) is 4.79 Å². The number of benzene rings is 1. The van der Waals surface area contributed by atoms with E-state index in [0.717, 1.165) is 0 Å². The first kappa shape index (κ1) is 11.9. The number of nitrogens with zero attached hydrogens (tertiary/aromatic N) is 1. The van der Waals surface area contributed by atoms with Gasteiger partial charge in [-0.25, -0.2) is 0 Å². The molecule has 1 rings (SSSR count). The van der Waals surface area contributed by atoms with Crippen LogP contribution in [0.4, 0.5) is 5.69 Å². The Bertz CT molecular complexity index is 447. The molecule has 16 heavy (non-hydrogen) atoms. The van der Waals surface area contributed by atoms with E-state index in [1.165, 1.54) is 0 Å². The van der Waals surface area contributed by atoms with Gasteiger partial charge in [-0.15, -0.1) is 0 Å². The van der Waals surface area contributed by atoms with Gasteiger partial charge in [-0.3, -0.25) is 9.59 Å². The Morgan fingerprint density at radius 2 is 2.06 bits per heavy atom. The standard InChI is InChI=1S/C12H12N2O2/c1-2-11(15)9-5-3-4-6-10(9)14-12(16)7-8-13/h3-6H,2,7H2,1H3,(H,14,16). The van der Waals surface area contributed by atoms with Crippen molar-refractivity contribution in [2.45, 2.75) is 19.8 Å². The van der Waals surface area contributed by atoms with E-state index in [1.807, 2.05) is 0 Å². The molecule has 0 aliphatic carbocycles. The Labute approximate surface area is 93.9 Å². The monoisotopic (exact) mass is 216 g/mol. The van der Waals surface area contributed by atoms with Gasteiger partial charge in [0.15, 0.2) is 5.78 Å². The van der Waals surface area contributed by atoms with Gasteiger partial charge in [0.2, 0.25) is 5.91 Å². The Kier molecular flexibility index (Phi) is 4.22. The van der Waals surface area contributed by atoms with E-state index in [9.17, 15) is 9.59 Å². The van der Waals surface area contributed by atoms with Gasteiger partial charge in [0.25, 0.3) is 0 Å². The highest BCUT2D eigenvalue weighted by molar-refractivity contribution is 6.04. The van der Waals surface area contributed by atoms with Gasteiger partial charge >= 0.3 is 0 Å². The van der Waals surface area contributed by atoms with Gasteiger partial charge in [0.1, 0.15) is 6.42 Å². The van der Waals surface area contributed by atoms with Crippen molar-refractivity contribution in [3.05, 3.63) is 29.8 Å². The third-order valence-electron chi connectivity index (χ3n) is 2.06. The second-order valence-electron chi connectivity index (χ2n) is 3.21. The molecule has 0 saturated heterocycles. The maximum atomic E-state index is 11.6. The predicted octanol–water partition coefficient (Wildman–Crippen LogP) is 2.13. The molecule has 4 nitrogen and oxygen atoms in total. The minimum Gasteiger partial charge on any atom is -0.325 e. The number of anilines is 1. The lowest BCUT2D eigenvalue weighted by atomic mass is 10.1. The van der Waals surface area contributed by atoms with E-state index in [1.54, 1.807) is 37.3 Å². The van der Waals surface area contributed by atoms with Crippen LogP contribution in [0.3, 0.4) is 0 Å². The fourth-order valence-electron chi connectivity index (χ4n) is 1.29.